The summed E-state index contributed by atoms with van der Waals surface area (Å²) in [4.78, 5) is 0. The third-order valence-corrected chi connectivity index (χ3v) is 1.20. The number of thiocarbonyl (C=S) groups is 1. The highest BCUT2D eigenvalue weighted by Gasteiger charge is 1.92. The van der Waals surface area contributed by atoms with Crippen LogP contribution in [-0.2, 0) is 9.47 Å². The molecule has 4 nitrogen and oxygen atoms in total. The zero-order chi connectivity index (χ0) is 8.53. The zero-order valence-electron chi connectivity index (χ0n) is 6.41. The summed E-state index contributed by atoms with van der Waals surface area (Å²) in [6.45, 7) is 2.33. The van der Waals surface area contributed by atoms with Gasteiger partial charge in [-0.3, -0.25) is 0 Å². The van der Waals surface area contributed by atoms with E-state index in [9.17, 15) is 0 Å². The van der Waals surface area contributed by atoms with Gasteiger partial charge in [-0.1, -0.05) is 0 Å². The molecule has 5 heteroatoms. The van der Waals surface area contributed by atoms with Crippen LogP contribution in [0, 0.1) is 0 Å². The summed E-state index contributed by atoms with van der Waals surface area (Å²) in [5.41, 5.74) is 10.4. The van der Waals surface area contributed by atoms with Gasteiger partial charge in [-0.25, -0.2) is 0 Å². The van der Waals surface area contributed by atoms with Crippen molar-refractivity contribution in [1.82, 2.24) is 0 Å². The van der Waals surface area contributed by atoms with E-state index in [2.05, 4.69) is 0 Å². The highest BCUT2D eigenvalue weighted by molar-refractivity contribution is 7.80. The minimum atomic E-state index is 0.284. The van der Waals surface area contributed by atoms with E-state index in [1.165, 1.54) is 0 Å². The van der Waals surface area contributed by atoms with E-state index in [4.69, 9.17) is 33.2 Å². The molecule has 0 atom stereocenters. The van der Waals surface area contributed by atoms with Gasteiger partial charge in [0.15, 0.2) is 5.05 Å². The molecule has 0 saturated heterocycles. The Hall–Kier alpha value is -0.230. The van der Waals surface area contributed by atoms with Crippen LogP contribution < -0.4 is 11.5 Å². The highest BCUT2D eigenvalue weighted by Crippen LogP contribution is 1.80. The molecule has 0 bridgehead atoms. The first-order chi connectivity index (χ1) is 5.31. The Balaban J connectivity index is 2.95. The largest absolute Gasteiger partial charge is 0.483 e. The van der Waals surface area contributed by atoms with Gasteiger partial charge in [-0.05, 0) is 12.2 Å². The van der Waals surface area contributed by atoms with E-state index >= 15 is 0 Å². The lowest BCUT2D eigenvalue weighted by Crippen LogP contribution is -2.18. The normalized spacial score (nSPS) is 9.64. The van der Waals surface area contributed by atoms with Crippen LogP contribution in [0.1, 0.15) is 0 Å². The molecule has 66 valence electrons. The van der Waals surface area contributed by atoms with Crippen LogP contribution in [0.25, 0.3) is 0 Å². The first-order valence-corrected chi connectivity index (χ1v) is 3.85. The second kappa shape index (κ2) is 7.87. The Morgan fingerprint density at radius 1 is 1.18 bits per heavy atom. The molecule has 4 N–H and O–H groups in total. The summed E-state index contributed by atoms with van der Waals surface area (Å²) in [6.07, 6.45) is 0. The molecule has 11 heavy (non-hydrogen) atoms. The molecule has 0 aliphatic rings. The molecule has 0 fully saturated rings. The van der Waals surface area contributed by atoms with Crippen LogP contribution in [0.3, 0.4) is 0 Å². The van der Waals surface area contributed by atoms with Crippen LogP contribution in [0.15, 0.2) is 0 Å². The predicted molar refractivity (Wildman–Crippen MR) is 47.5 cm³/mol. The summed E-state index contributed by atoms with van der Waals surface area (Å²) in [7, 11) is 0. The van der Waals surface area contributed by atoms with Gasteiger partial charge in [-0.15, -0.1) is 0 Å². The highest BCUT2D eigenvalue weighted by atomic mass is 32.1. The van der Waals surface area contributed by atoms with E-state index in [0.717, 1.165) is 0 Å². The lowest BCUT2D eigenvalue weighted by atomic mass is 10.7. The van der Waals surface area contributed by atoms with Crippen LogP contribution in [0.2, 0.25) is 0 Å². The van der Waals surface area contributed by atoms with E-state index in [1.807, 2.05) is 0 Å². The standard InChI is InChI=1S/C6H14N2O2S/c7-1-2-9-3-4-10-6(11)5-8/h1-5,7-8H2. The Bertz CT molecular complexity index is 111. The number of nitrogens with two attached hydrogens (primary N) is 2. The molecular weight excluding hydrogens is 164 g/mol. The topological polar surface area (TPSA) is 70.5 Å². The van der Waals surface area contributed by atoms with E-state index in [-0.39, 0.29) is 6.54 Å². The van der Waals surface area contributed by atoms with Gasteiger partial charge >= 0.3 is 0 Å². The van der Waals surface area contributed by atoms with Crippen LogP contribution in [0.5, 0.6) is 0 Å². The fourth-order valence-electron chi connectivity index (χ4n) is 0.459. The van der Waals surface area contributed by atoms with Crippen LogP contribution in [-0.4, -0.2) is 38.0 Å². The lowest BCUT2D eigenvalue weighted by Gasteiger charge is -2.05. The van der Waals surface area contributed by atoms with E-state index in [0.29, 0.717) is 31.4 Å². The predicted octanol–water partition coefficient (Wildman–Crippen LogP) is -0.736. The molecule has 0 aromatic carbocycles. The Kier molecular flexibility index (Phi) is 7.71. The molecule has 0 aromatic heterocycles. The summed E-state index contributed by atoms with van der Waals surface area (Å²) in [6, 6.07) is 0. The number of rotatable bonds is 6. The summed E-state index contributed by atoms with van der Waals surface area (Å²) in [5, 5.41) is 0.418. The molecule has 0 aromatic rings. The van der Waals surface area contributed by atoms with E-state index < -0.39 is 0 Å². The van der Waals surface area contributed by atoms with Crippen molar-refractivity contribution in [2.24, 2.45) is 11.5 Å². The van der Waals surface area contributed by atoms with Gasteiger partial charge < -0.3 is 20.9 Å². The zero-order valence-corrected chi connectivity index (χ0v) is 7.23. The number of ether oxygens (including phenoxy) is 2. The van der Waals surface area contributed by atoms with Crippen molar-refractivity contribution in [3.05, 3.63) is 0 Å². The second-order valence-corrected chi connectivity index (χ2v) is 2.28. The summed E-state index contributed by atoms with van der Waals surface area (Å²) in [5.74, 6) is 0. The monoisotopic (exact) mass is 178 g/mol. The minimum absolute atomic E-state index is 0.284. The van der Waals surface area contributed by atoms with Gasteiger partial charge in [-0.2, -0.15) is 0 Å². The van der Waals surface area contributed by atoms with Crippen molar-refractivity contribution in [1.29, 1.82) is 0 Å². The maximum Gasteiger partial charge on any atom is 0.173 e. The van der Waals surface area contributed by atoms with Crippen molar-refractivity contribution in [2.75, 3.05) is 32.9 Å². The first-order valence-electron chi connectivity index (χ1n) is 3.44. The average Bonchev–Trinajstić information content (AvgIpc) is 2.04. The molecule has 0 rings (SSSR count). The van der Waals surface area contributed by atoms with Crippen molar-refractivity contribution in [2.45, 2.75) is 0 Å². The van der Waals surface area contributed by atoms with E-state index in [1.54, 1.807) is 0 Å². The van der Waals surface area contributed by atoms with Gasteiger partial charge in [0, 0.05) is 6.54 Å². The molecular formula is C6H14N2O2S. The third kappa shape index (κ3) is 7.67. The quantitative estimate of drug-likeness (QED) is 0.414. The van der Waals surface area contributed by atoms with Gasteiger partial charge in [0.05, 0.1) is 19.8 Å². The molecule has 0 heterocycles. The fourth-order valence-corrected chi connectivity index (χ4v) is 0.542. The van der Waals surface area contributed by atoms with Gasteiger partial charge in [0.25, 0.3) is 0 Å². The van der Waals surface area contributed by atoms with Gasteiger partial charge in [0.2, 0.25) is 0 Å². The average molecular weight is 178 g/mol. The lowest BCUT2D eigenvalue weighted by molar-refractivity contribution is 0.103. The first kappa shape index (κ1) is 10.8. The molecule has 0 aliphatic carbocycles. The molecule has 0 spiro atoms. The Labute approximate surface area is 71.8 Å². The smallest absolute Gasteiger partial charge is 0.173 e. The van der Waals surface area contributed by atoms with Crippen LogP contribution in [0.4, 0.5) is 0 Å². The second-order valence-electron chi connectivity index (χ2n) is 1.83. The molecule has 0 unspecified atom stereocenters. The van der Waals surface area contributed by atoms with Crippen molar-refractivity contribution in [3.8, 4) is 0 Å². The summed E-state index contributed by atoms with van der Waals surface area (Å²) >= 11 is 4.71. The number of hydrogen-bond donors (Lipinski definition) is 2. The minimum Gasteiger partial charge on any atom is -0.483 e. The van der Waals surface area contributed by atoms with Crippen molar-refractivity contribution >= 4 is 17.3 Å². The molecule has 0 amide bonds. The Morgan fingerprint density at radius 2 is 1.91 bits per heavy atom. The number of hydrogen-bond acceptors (Lipinski definition) is 5. The van der Waals surface area contributed by atoms with Crippen molar-refractivity contribution in [3.63, 3.8) is 0 Å². The van der Waals surface area contributed by atoms with Gasteiger partial charge in [0.1, 0.15) is 6.61 Å². The maximum atomic E-state index is 5.19. The third-order valence-electron chi connectivity index (χ3n) is 0.920. The van der Waals surface area contributed by atoms with Crippen molar-refractivity contribution < 1.29 is 9.47 Å². The molecule has 0 radical (unpaired) electrons. The fraction of sp³-hybridized carbons (Fsp3) is 0.833. The van der Waals surface area contributed by atoms with Crippen LogP contribution >= 0.6 is 12.2 Å². The maximum absolute atomic E-state index is 5.19. The molecule has 0 saturated carbocycles. The molecule has 0 aliphatic heterocycles. The SMILES string of the molecule is NCCOCCOC(=S)CN. The Morgan fingerprint density at radius 3 is 2.45 bits per heavy atom. The summed E-state index contributed by atoms with van der Waals surface area (Å²) < 4.78 is 10.0.